The molecule has 0 bridgehead atoms. The molecule has 0 aliphatic carbocycles. The van der Waals surface area contributed by atoms with Gasteiger partial charge in [0, 0.05) is 24.5 Å². The minimum atomic E-state index is -3.85. The van der Waals surface area contributed by atoms with Crippen molar-refractivity contribution in [2.75, 3.05) is 0 Å². The highest BCUT2D eigenvalue weighted by molar-refractivity contribution is 7.89. The van der Waals surface area contributed by atoms with Crippen LogP contribution in [0.15, 0.2) is 72.1 Å². The molecule has 0 atom stereocenters. The number of nitrogens with two attached hydrogens (primary N) is 1. The summed E-state index contributed by atoms with van der Waals surface area (Å²) < 4.78 is 26.1. The predicted octanol–water partition coefficient (Wildman–Crippen LogP) is 2.25. The Morgan fingerprint density at radius 2 is 1.82 bits per heavy atom. The average molecular weight is 313 g/mol. The lowest BCUT2D eigenvalue weighted by atomic mass is 10.0. The highest BCUT2D eigenvalue weighted by atomic mass is 32.2. The van der Waals surface area contributed by atoms with E-state index in [0.717, 1.165) is 5.56 Å². The number of hydrogen-bond donors (Lipinski definition) is 1. The summed E-state index contributed by atoms with van der Waals surface area (Å²) in [5.74, 6) is 0. The van der Waals surface area contributed by atoms with Crippen LogP contribution in [0.3, 0.4) is 0 Å². The zero-order valence-corrected chi connectivity index (χ0v) is 12.6. The van der Waals surface area contributed by atoms with Crippen LogP contribution in [0.5, 0.6) is 0 Å². The normalized spacial score (nSPS) is 11.5. The Morgan fingerprint density at radius 3 is 2.45 bits per heavy atom. The molecule has 0 unspecified atom stereocenters. The van der Waals surface area contributed by atoms with Crippen LogP contribution in [0.1, 0.15) is 5.56 Å². The molecule has 0 saturated carbocycles. The second kappa shape index (κ2) is 5.75. The summed E-state index contributed by atoms with van der Waals surface area (Å²) in [6.45, 7) is 0.395. The first-order chi connectivity index (χ1) is 10.6. The fraction of sp³-hybridized carbons (Fsp3) is 0.0625. The Kier molecular flexibility index (Phi) is 3.79. The quantitative estimate of drug-likeness (QED) is 0.802. The van der Waals surface area contributed by atoms with E-state index in [2.05, 4.69) is 4.98 Å². The van der Waals surface area contributed by atoms with Gasteiger partial charge in [0.2, 0.25) is 10.0 Å². The molecule has 6 heteroatoms. The van der Waals surface area contributed by atoms with Gasteiger partial charge in [-0.3, -0.25) is 0 Å². The van der Waals surface area contributed by atoms with Crippen molar-refractivity contribution in [3.8, 4) is 11.1 Å². The van der Waals surface area contributed by atoms with Crippen LogP contribution in [0.4, 0.5) is 0 Å². The number of rotatable bonds is 4. The van der Waals surface area contributed by atoms with Gasteiger partial charge in [0.25, 0.3) is 0 Å². The predicted molar refractivity (Wildman–Crippen MR) is 84.6 cm³/mol. The molecule has 2 aromatic carbocycles. The molecule has 22 heavy (non-hydrogen) atoms. The van der Waals surface area contributed by atoms with Crippen molar-refractivity contribution >= 4 is 10.0 Å². The molecule has 5 nitrogen and oxygen atoms in total. The van der Waals surface area contributed by atoms with E-state index in [9.17, 15) is 8.42 Å². The van der Waals surface area contributed by atoms with Crippen molar-refractivity contribution in [3.05, 3.63) is 72.8 Å². The first-order valence-electron chi connectivity index (χ1n) is 6.71. The Balaban J connectivity index is 2.19. The SMILES string of the molecule is NS(=O)(=O)c1c(Cn2ccnc2)cccc1-c1ccccc1. The van der Waals surface area contributed by atoms with Crippen molar-refractivity contribution in [1.29, 1.82) is 0 Å². The molecule has 0 aliphatic heterocycles. The molecule has 3 rings (SSSR count). The van der Waals surface area contributed by atoms with Crippen LogP contribution in [0, 0.1) is 0 Å². The van der Waals surface area contributed by atoms with Crippen LogP contribution >= 0.6 is 0 Å². The zero-order chi connectivity index (χ0) is 15.6. The zero-order valence-electron chi connectivity index (χ0n) is 11.8. The molecule has 1 heterocycles. The van der Waals surface area contributed by atoms with Crippen molar-refractivity contribution in [3.63, 3.8) is 0 Å². The number of primary sulfonamides is 1. The number of benzene rings is 2. The van der Waals surface area contributed by atoms with Crippen molar-refractivity contribution in [2.45, 2.75) is 11.4 Å². The molecule has 0 aliphatic rings. The fourth-order valence-corrected chi connectivity index (χ4v) is 3.46. The Bertz CT molecular complexity index is 873. The number of nitrogens with zero attached hydrogens (tertiary/aromatic N) is 2. The van der Waals surface area contributed by atoms with E-state index in [1.54, 1.807) is 35.4 Å². The third kappa shape index (κ3) is 2.93. The molecule has 2 N–H and O–H groups in total. The van der Waals surface area contributed by atoms with E-state index < -0.39 is 10.0 Å². The lowest BCUT2D eigenvalue weighted by Crippen LogP contribution is -2.17. The van der Waals surface area contributed by atoms with E-state index in [-0.39, 0.29) is 4.90 Å². The van der Waals surface area contributed by atoms with Gasteiger partial charge in [-0.1, -0.05) is 48.5 Å². The summed E-state index contributed by atoms with van der Waals surface area (Å²) in [6.07, 6.45) is 5.07. The van der Waals surface area contributed by atoms with Gasteiger partial charge in [0.1, 0.15) is 0 Å². The van der Waals surface area contributed by atoms with Gasteiger partial charge in [-0.2, -0.15) is 0 Å². The highest BCUT2D eigenvalue weighted by Crippen LogP contribution is 2.29. The molecule has 1 aromatic heterocycles. The molecule has 112 valence electrons. The van der Waals surface area contributed by atoms with Crippen molar-refractivity contribution in [1.82, 2.24) is 9.55 Å². The number of imidazole rings is 1. The molecule has 0 amide bonds. The molecule has 3 aromatic rings. The molecule has 0 fully saturated rings. The van der Waals surface area contributed by atoms with Gasteiger partial charge < -0.3 is 4.57 Å². The lowest BCUT2D eigenvalue weighted by Gasteiger charge is -2.14. The van der Waals surface area contributed by atoms with Gasteiger partial charge in [-0.15, -0.1) is 0 Å². The van der Waals surface area contributed by atoms with Gasteiger partial charge in [-0.05, 0) is 11.1 Å². The van der Waals surface area contributed by atoms with Gasteiger partial charge in [-0.25, -0.2) is 18.5 Å². The standard InChI is InChI=1S/C16H15N3O2S/c17-22(20,21)16-14(11-19-10-9-18-12-19)7-4-8-15(16)13-5-2-1-3-6-13/h1-10,12H,11H2,(H2,17,20,21). The van der Waals surface area contributed by atoms with Crippen LogP contribution in [0.25, 0.3) is 11.1 Å². The number of aromatic nitrogens is 2. The van der Waals surface area contributed by atoms with E-state index in [1.165, 1.54) is 0 Å². The maximum Gasteiger partial charge on any atom is 0.239 e. The second-order valence-corrected chi connectivity index (χ2v) is 6.44. The first-order valence-corrected chi connectivity index (χ1v) is 8.26. The highest BCUT2D eigenvalue weighted by Gasteiger charge is 2.19. The second-order valence-electron chi connectivity index (χ2n) is 4.94. The summed E-state index contributed by atoms with van der Waals surface area (Å²) in [5.41, 5.74) is 2.07. The fourth-order valence-electron chi connectivity index (χ4n) is 2.47. The summed E-state index contributed by atoms with van der Waals surface area (Å²) >= 11 is 0. The van der Waals surface area contributed by atoms with Gasteiger partial charge in [0.15, 0.2) is 0 Å². The average Bonchev–Trinajstić information content (AvgIpc) is 3.00. The van der Waals surface area contributed by atoms with E-state index in [0.29, 0.717) is 17.7 Å². The minimum Gasteiger partial charge on any atom is -0.333 e. The van der Waals surface area contributed by atoms with E-state index in [1.807, 2.05) is 36.4 Å². The summed E-state index contributed by atoms with van der Waals surface area (Å²) in [7, 11) is -3.85. The minimum absolute atomic E-state index is 0.162. The summed E-state index contributed by atoms with van der Waals surface area (Å²) in [4.78, 5) is 4.13. The molecule has 0 saturated heterocycles. The Hall–Kier alpha value is -2.44. The third-order valence-electron chi connectivity index (χ3n) is 3.38. The maximum absolute atomic E-state index is 12.1. The molecule has 0 radical (unpaired) electrons. The van der Waals surface area contributed by atoms with Crippen molar-refractivity contribution in [2.24, 2.45) is 5.14 Å². The lowest BCUT2D eigenvalue weighted by molar-refractivity contribution is 0.596. The van der Waals surface area contributed by atoms with Crippen LogP contribution in [-0.4, -0.2) is 18.0 Å². The smallest absolute Gasteiger partial charge is 0.239 e. The largest absolute Gasteiger partial charge is 0.333 e. The number of hydrogen-bond acceptors (Lipinski definition) is 3. The topological polar surface area (TPSA) is 78.0 Å². The van der Waals surface area contributed by atoms with E-state index in [4.69, 9.17) is 5.14 Å². The van der Waals surface area contributed by atoms with Gasteiger partial charge >= 0.3 is 0 Å². The third-order valence-corrected chi connectivity index (χ3v) is 4.43. The first kappa shape index (κ1) is 14.5. The molecular formula is C16H15N3O2S. The number of sulfonamides is 1. The Morgan fingerprint density at radius 1 is 1.05 bits per heavy atom. The van der Waals surface area contributed by atoms with Crippen LogP contribution in [-0.2, 0) is 16.6 Å². The van der Waals surface area contributed by atoms with Gasteiger partial charge in [0.05, 0.1) is 11.2 Å². The molecule has 0 spiro atoms. The molecular weight excluding hydrogens is 298 g/mol. The summed E-state index contributed by atoms with van der Waals surface area (Å²) in [5, 5.41) is 5.47. The maximum atomic E-state index is 12.1. The Labute approximate surface area is 129 Å². The van der Waals surface area contributed by atoms with E-state index >= 15 is 0 Å². The summed E-state index contributed by atoms with van der Waals surface area (Å²) in [6, 6.07) is 14.7. The van der Waals surface area contributed by atoms with Crippen LogP contribution in [0.2, 0.25) is 0 Å². The monoisotopic (exact) mass is 313 g/mol. The van der Waals surface area contributed by atoms with Crippen LogP contribution < -0.4 is 5.14 Å². The van der Waals surface area contributed by atoms with Crippen molar-refractivity contribution < 1.29 is 8.42 Å².